The summed E-state index contributed by atoms with van der Waals surface area (Å²) in [6.07, 6.45) is 9.12. The van der Waals surface area contributed by atoms with Crippen LogP contribution in [0.1, 0.15) is 63.6 Å². The maximum absolute atomic E-state index is 13.9. The third-order valence-corrected chi connectivity index (χ3v) is 10.9. The Morgan fingerprint density at radius 3 is 2.43 bits per heavy atom. The molecule has 5 aromatic rings. The summed E-state index contributed by atoms with van der Waals surface area (Å²) in [7, 11) is -3.89. The zero-order chi connectivity index (χ0) is 37.2. The molecule has 2 aliphatic heterocycles. The van der Waals surface area contributed by atoms with Crippen LogP contribution in [0.2, 0.25) is 0 Å². The molecule has 2 aliphatic rings. The van der Waals surface area contributed by atoms with E-state index in [9.17, 15) is 18.5 Å². The summed E-state index contributed by atoms with van der Waals surface area (Å²) in [4.78, 5) is 22.2. The highest BCUT2D eigenvalue weighted by Crippen LogP contribution is 2.37. The van der Waals surface area contributed by atoms with E-state index >= 15 is 0 Å². The molecule has 0 N–H and O–H groups in total. The van der Waals surface area contributed by atoms with Gasteiger partial charge in [0.2, 0.25) is 10.0 Å². The Labute approximate surface area is 308 Å². The third kappa shape index (κ3) is 8.38. The molecule has 0 aliphatic carbocycles. The summed E-state index contributed by atoms with van der Waals surface area (Å²) in [5, 5.41) is 17.0. The van der Waals surface area contributed by atoms with Gasteiger partial charge in [-0.25, -0.2) is 22.2 Å². The number of rotatable bonds is 9. The number of aromatic nitrogens is 4. The lowest BCUT2D eigenvalue weighted by Crippen LogP contribution is -2.38. The lowest BCUT2D eigenvalue weighted by Gasteiger charge is -2.31. The second kappa shape index (κ2) is 15.0. The molecule has 5 heterocycles. The largest absolute Gasteiger partial charge is 0.528 e. The monoisotopic (exact) mass is 738 g/mol. The predicted octanol–water partition coefficient (Wildman–Crippen LogP) is 6.88. The summed E-state index contributed by atoms with van der Waals surface area (Å²) < 4.78 is 47.9. The average molecular weight is 739 g/mol. The zero-order valence-corrected chi connectivity index (χ0v) is 30.8. The van der Waals surface area contributed by atoms with Crippen LogP contribution in [0.4, 0.5) is 4.79 Å². The quantitative estimate of drug-likeness (QED) is 0.146. The highest BCUT2D eigenvalue weighted by atomic mass is 32.2. The molecule has 7 rings (SSSR count). The van der Waals surface area contributed by atoms with Gasteiger partial charge in [0.05, 0.1) is 36.8 Å². The van der Waals surface area contributed by atoms with Crippen molar-refractivity contribution in [1.29, 1.82) is 5.26 Å². The van der Waals surface area contributed by atoms with Gasteiger partial charge in [0.1, 0.15) is 23.5 Å². The zero-order valence-electron chi connectivity index (χ0n) is 30.0. The molecule has 276 valence electrons. The smallest absolute Gasteiger partial charge is 0.489 e. The lowest BCUT2D eigenvalue weighted by atomic mass is 10.0. The van der Waals surface area contributed by atoms with Gasteiger partial charge in [-0.05, 0) is 62.9 Å². The van der Waals surface area contributed by atoms with Crippen LogP contribution in [0.5, 0.6) is 5.75 Å². The highest BCUT2D eigenvalue weighted by molar-refractivity contribution is 7.89. The van der Waals surface area contributed by atoms with Gasteiger partial charge in [-0.1, -0.05) is 36.4 Å². The summed E-state index contributed by atoms with van der Waals surface area (Å²) >= 11 is 0. The molecule has 0 saturated carbocycles. The van der Waals surface area contributed by atoms with E-state index in [0.29, 0.717) is 72.5 Å². The van der Waals surface area contributed by atoms with Gasteiger partial charge in [-0.15, -0.1) is 5.06 Å². The van der Waals surface area contributed by atoms with E-state index in [1.54, 1.807) is 68.7 Å². The fourth-order valence-electron chi connectivity index (χ4n) is 6.65. The van der Waals surface area contributed by atoms with Crippen molar-refractivity contribution in [2.24, 2.45) is 0 Å². The molecule has 3 aromatic heterocycles. The molecule has 0 unspecified atom stereocenters. The summed E-state index contributed by atoms with van der Waals surface area (Å²) in [5.74, 6) is 0.271. The Kier molecular flexibility index (Phi) is 10.2. The molecule has 0 spiro atoms. The molecule has 0 bridgehead atoms. The van der Waals surface area contributed by atoms with Crippen LogP contribution in [0, 0.1) is 11.3 Å². The number of benzene rings is 2. The SMILES string of the molecule is CC(C)(C)OC(=O)ON1CCC(n2cc(-c3cnc4c(c3)c(-c3ccc(OC5CCOCC5)c(C#N)c3)cn4S(=O)(=O)Cc3ccccc3)cn2)CC1. The van der Waals surface area contributed by atoms with E-state index in [1.165, 1.54) is 3.97 Å². The number of fused-ring (bicyclic) bond motifs is 1. The van der Waals surface area contributed by atoms with Gasteiger partial charge in [0.15, 0.2) is 5.65 Å². The second-order valence-corrected chi connectivity index (χ2v) is 16.2. The van der Waals surface area contributed by atoms with Gasteiger partial charge >= 0.3 is 6.16 Å². The molecule has 0 radical (unpaired) electrons. The molecule has 13 nitrogen and oxygen atoms in total. The number of piperidine rings is 1. The number of hydrogen-bond acceptors (Lipinski definition) is 11. The number of carbonyl (C=O) groups excluding carboxylic acids is 1. The molecule has 0 atom stereocenters. The molecule has 14 heteroatoms. The fourth-order valence-corrected chi connectivity index (χ4v) is 8.08. The van der Waals surface area contributed by atoms with E-state index in [-0.39, 0.29) is 23.5 Å². The number of hydroxylamine groups is 2. The standard InChI is InChI=1S/C39H42N6O7S/c1-39(2,3)51-38(46)52-43-15-11-32(12-16-43)44-24-31(23-42-44)30-20-34-35(28-9-10-36(29(19-28)21-40)50-33-13-17-49-18-14-33)25-45(37(34)41-22-30)53(47,48)26-27-7-5-4-6-8-27/h4-10,19-20,22-25,32-33H,11-18,26H2,1-3H3. The average Bonchev–Trinajstić information content (AvgIpc) is 3.78. The van der Waals surface area contributed by atoms with Crippen LogP contribution < -0.4 is 4.74 Å². The van der Waals surface area contributed by atoms with Crippen LogP contribution in [0.3, 0.4) is 0 Å². The normalized spacial score (nSPS) is 16.3. The van der Waals surface area contributed by atoms with Crippen molar-refractivity contribution < 1.29 is 32.3 Å². The topological polar surface area (TPSA) is 151 Å². The summed E-state index contributed by atoms with van der Waals surface area (Å²) in [5.41, 5.74) is 3.51. The van der Waals surface area contributed by atoms with Crippen molar-refractivity contribution in [3.8, 4) is 34.1 Å². The minimum Gasteiger partial charge on any atom is -0.489 e. The van der Waals surface area contributed by atoms with Crippen LogP contribution >= 0.6 is 0 Å². The van der Waals surface area contributed by atoms with E-state index in [0.717, 1.165) is 24.0 Å². The number of pyridine rings is 1. The van der Waals surface area contributed by atoms with Gasteiger partial charge < -0.3 is 19.0 Å². The Morgan fingerprint density at radius 1 is 0.962 bits per heavy atom. The van der Waals surface area contributed by atoms with Crippen molar-refractivity contribution in [2.75, 3.05) is 26.3 Å². The summed E-state index contributed by atoms with van der Waals surface area (Å²) in [6.45, 7) is 7.66. The maximum Gasteiger partial charge on any atom is 0.528 e. The molecular formula is C39H42N6O7S. The molecule has 2 saturated heterocycles. The van der Waals surface area contributed by atoms with Crippen LogP contribution in [0.25, 0.3) is 33.3 Å². The second-order valence-electron chi connectivity index (χ2n) is 14.4. The van der Waals surface area contributed by atoms with Crippen molar-refractivity contribution >= 4 is 27.2 Å². The Morgan fingerprint density at radius 2 is 1.72 bits per heavy atom. The predicted molar refractivity (Wildman–Crippen MR) is 197 cm³/mol. The Hall–Kier alpha value is -5.23. The Bertz CT molecular complexity index is 2240. The third-order valence-electron chi connectivity index (χ3n) is 9.30. The van der Waals surface area contributed by atoms with Gasteiger partial charge in [0, 0.05) is 66.6 Å². The lowest BCUT2D eigenvalue weighted by molar-refractivity contribution is -0.154. The van der Waals surface area contributed by atoms with Crippen LogP contribution in [-0.2, 0) is 30.1 Å². The molecule has 53 heavy (non-hydrogen) atoms. The molecular weight excluding hydrogens is 697 g/mol. The highest BCUT2D eigenvalue weighted by Gasteiger charge is 2.27. The van der Waals surface area contributed by atoms with E-state index < -0.39 is 21.8 Å². The van der Waals surface area contributed by atoms with E-state index in [1.807, 2.05) is 41.2 Å². The summed E-state index contributed by atoms with van der Waals surface area (Å²) in [6, 6.07) is 18.7. The van der Waals surface area contributed by atoms with E-state index in [2.05, 4.69) is 11.2 Å². The van der Waals surface area contributed by atoms with Gasteiger partial charge in [-0.3, -0.25) is 4.68 Å². The minimum atomic E-state index is -3.89. The van der Waals surface area contributed by atoms with E-state index in [4.69, 9.17) is 24.0 Å². The number of nitrogens with zero attached hydrogens (tertiary/aromatic N) is 6. The van der Waals surface area contributed by atoms with Crippen molar-refractivity contribution in [1.82, 2.24) is 23.8 Å². The first-order valence-corrected chi connectivity index (χ1v) is 19.3. The first-order valence-electron chi connectivity index (χ1n) is 17.7. The first kappa shape index (κ1) is 36.1. The number of carbonyl (C=O) groups is 1. The minimum absolute atomic E-state index is 0.0440. The van der Waals surface area contributed by atoms with Gasteiger partial charge in [0.25, 0.3) is 0 Å². The van der Waals surface area contributed by atoms with Crippen molar-refractivity contribution in [3.63, 3.8) is 0 Å². The van der Waals surface area contributed by atoms with Crippen LogP contribution in [-0.4, -0.2) is 76.4 Å². The maximum atomic E-state index is 13.9. The van der Waals surface area contributed by atoms with Crippen LogP contribution in [0.15, 0.2) is 79.4 Å². The number of hydrogen-bond donors (Lipinski definition) is 0. The van der Waals surface area contributed by atoms with Crippen molar-refractivity contribution in [3.05, 3.63) is 90.5 Å². The fraction of sp³-hybridized carbons (Fsp3) is 0.385. The molecule has 2 aromatic carbocycles. The number of ether oxygens (including phenoxy) is 3. The Balaban J connectivity index is 1.18. The first-order chi connectivity index (χ1) is 25.5. The van der Waals surface area contributed by atoms with Gasteiger partial charge in [-0.2, -0.15) is 10.4 Å². The number of nitriles is 1. The molecule has 0 amide bonds. The van der Waals surface area contributed by atoms with Crippen molar-refractivity contribution in [2.45, 2.75) is 70.0 Å². The molecule has 2 fully saturated rings.